The molecule has 1 aromatic carbocycles. The lowest BCUT2D eigenvalue weighted by Gasteiger charge is -2.21. The molecule has 5 nitrogen and oxygen atoms in total. The zero-order valence-corrected chi connectivity index (χ0v) is 11.5. The maximum atomic E-state index is 11.2. The highest BCUT2D eigenvalue weighted by Gasteiger charge is 2.07. The van der Waals surface area contributed by atoms with E-state index in [1.165, 1.54) is 19.3 Å². The van der Waals surface area contributed by atoms with Crippen LogP contribution in [0, 0.1) is 0 Å². The first-order valence-electron chi connectivity index (χ1n) is 6.68. The fourth-order valence-electron chi connectivity index (χ4n) is 2.01. The van der Waals surface area contributed by atoms with E-state index < -0.39 is 0 Å². The summed E-state index contributed by atoms with van der Waals surface area (Å²) >= 11 is 0. The smallest absolute Gasteiger partial charge is 0.223 e. The molecule has 0 atom stereocenters. The van der Waals surface area contributed by atoms with Crippen molar-refractivity contribution in [2.75, 3.05) is 25.0 Å². The van der Waals surface area contributed by atoms with Gasteiger partial charge in [-0.25, -0.2) is 0 Å². The number of amides is 1. The minimum absolute atomic E-state index is 0.0164. The number of hydrogen-bond donors (Lipinski definition) is 0. The maximum absolute atomic E-state index is 11.2. The second-order valence-electron chi connectivity index (χ2n) is 4.80. The van der Waals surface area contributed by atoms with Crippen molar-refractivity contribution in [3.05, 3.63) is 24.3 Å². The summed E-state index contributed by atoms with van der Waals surface area (Å²) in [6.45, 7) is 3.54. The third kappa shape index (κ3) is 3.77. The number of carbonyl (C=O) groups excluding carboxylic acids is 1. The molecule has 0 bridgehead atoms. The molecule has 2 rings (SSSR count). The Balaban J connectivity index is 1.98. The van der Waals surface area contributed by atoms with Crippen molar-refractivity contribution in [1.29, 1.82) is 0 Å². The summed E-state index contributed by atoms with van der Waals surface area (Å²) < 4.78 is 0. The summed E-state index contributed by atoms with van der Waals surface area (Å²) in [5, 5.41) is 10.5. The van der Waals surface area contributed by atoms with Gasteiger partial charge in [0.2, 0.25) is 5.91 Å². The average molecular weight is 260 g/mol. The summed E-state index contributed by atoms with van der Waals surface area (Å²) in [6, 6.07) is 7.52. The Bertz CT molecular complexity index is 449. The van der Waals surface area contributed by atoms with E-state index >= 15 is 0 Å². The first-order chi connectivity index (χ1) is 9.16. The highest BCUT2D eigenvalue weighted by molar-refractivity contribution is 5.90. The van der Waals surface area contributed by atoms with Crippen LogP contribution >= 0.6 is 0 Å². The molecule has 0 unspecified atom stereocenters. The van der Waals surface area contributed by atoms with Crippen molar-refractivity contribution in [2.24, 2.45) is 10.3 Å². The predicted octanol–water partition coefficient (Wildman–Crippen LogP) is 3.15. The number of nitrogens with zero attached hydrogens (tertiary/aromatic N) is 4. The van der Waals surface area contributed by atoms with E-state index in [4.69, 9.17) is 0 Å². The van der Waals surface area contributed by atoms with Crippen molar-refractivity contribution >= 4 is 17.3 Å². The molecule has 1 fully saturated rings. The Morgan fingerprint density at radius 2 is 1.79 bits per heavy atom. The van der Waals surface area contributed by atoms with Crippen molar-refractivity contribution < 1.29 is 4.79 Å². The minimum atomic E-state index is 0.0164. The Morgan fingerprint density at radius 1 is 1.16 bits per heavy atom. The first kappa shape index (κ1) is 13.5. The van der Waals surface area contributed by atoms with Crippen LogP contribution in [-0.2, 0) is 4.79 Å². The van der Waals surface area contributed by atoms with Crippen LogP contribution in [0.15, 0.2) is 34.6 Å². The highest BCUT2D eigenvalue weighted by Crippen LogP contribution is 2.20. The van der Waals surface area contributed by atoms with Gasteiger partial charge in [0.05, 0.1) is 5.69 Å². The topological polar surface area (TPSA) is 48.3 Å². The molecule has 1 aromatic rings. The van der Waals surface area contributed by atoms with E-state index in [1.807, 2.05) is 29.3 Å². The SMILES string of the molecule is CC(=O)N(C)c1ccc(N=NN2CCCCC2)cc1. The lowest BCUT2D eigenvalue weighted by Crippen LogP contribution is -2.23. The van der Waals surface area contributed by atoms with E-state index in [0.717, 1.165) is 24.5 Å². The average Bonchev–Trinajstić information content (AvgIpc) is 2.46. The molecule has 0 saturated carbocycles. The molecule has 0 N–H and O–H groups in total. The third-order valence-electron chi connectivity index (χ3n) is 3.33. The molecule has 102 valence electrons. The van der Waals surface area contributed by atoms with Gasteiger partial charge in [0.25, 0.3) is 0 Å². The lowest BCUT2D eigenvalue weighted by molar-refractivity contribution is -0.116. The number of anilines is 1. The number of hydrogen-bond acceptors (Lipinski definition) is 3. The molecule has 0 aromatic heterocycles. The summed E-state index contributed by atoms with van der Waals surface area (Å²) in [6.07, 6.45) is 3.68. The van der Waals surface area contributed by atoms with Gasteiger partial charge in [-0.15, -0.1) is 5.11 Å². The molecule has 19 heavy (non-hydrogen) atoms. The Labute approximate surface area is 113 Å². The monoisotopic (exact) mass is 260 g/mol. The number of benzene rings is 1. The van der Waals surface area contributed by atoms with Crippen LogP contribution in [-0.4, -0.2) is 31.1 Å². The molecule has 0 radical (unpaired) electrons. The molecular weight excluding hydrogens is 240 g/mol. The zero-order valence-electron chi connectivity index (χ0n) is 11.5. The Hall–Kier alpha value is -1.91. The van der Waals surface area contributed by atoms with Crippen LogP contribution < -0.4 is 4.90 Å². The van der Waals surface area contributed by atoms with Crippen molar-refractivity contribution in [1.82, 2.24) is 5.01 Å². The van der Waals surface area contributed by atoms with Gasteiger partial charge in [0, 0.05) is 32.7 Å². The molecule has 0 spiro atoms. The Morgan fingerprint density at radius 3 is 2.37 bits per heavy atom. The number of carbonyl (C=O) groups is 1. The molecular formula is C14H20N4O. The van der Waals surface area contributed by atoms with Gasteiger partial charge in [-0.3, -0.25) is 9.80 Å². The van der Waals surface area contributed by atoms with Crippen LogP contribution in [0.25, 0.3) is 0 Å². The number of rotatable bonds is 3. The van der Waals surface area contributed by atoms with Crippen molar-refractivity contribution in [2.45, 2.75) is 26.2 Å². The first-order valence-corrected chi connectivity index (χ1v) is 6.68. The Kier molecular flexibility index (Phi) is 4.49. The largest absolute Gasteiger partial charge is 0.316 e. The summed E-state index contributed by atoms with van der Waals surface area (Å²) in [7, 11) is 1.76. The molecule has 1 aliphatic rings. The molecule has 1 saturated heterocycles. The predicted molar refractivity (Wildman–Crippen MR) is 75.5 cm³/mol. The second-order valence-corrected chi connectivity index (χ2v) is 4.80. The van der Waals surface area contributed by atoms with Crippen LogP contribution in [0.4, 0.5) is 11.4 Å². The van der Waals surface area contributed by atoms with Gasteiger partial charge in [0.1, 0.15) is 0 Å². The zero-order chi connectivity index (χ0) is 13.7. The summed E-state index contributed by atoms with van der Waals surface area (Å²) in [4.78, 5) is 12.8. The van der Waals surface area contributed by atoms with E-state index in [2.05, 4.69) is 10.3 Å². The minimum Gasteiger partial charge on any atom is -0.316 e. The molecule has 0 aliphatic carbocycles. The van der Waals surface area contributed by atoms with Gasteiger partial charge in [-0.1, -0.05) is 5.22 Å². The molecule has 1 heterocycles. The van der Waals surface area contributed by atoms with Gasteiger partial charge >= 0.3 is 0 Å². The lowest BCUT2D eigenvalue weighted by atomic mass is 10.2. The van der Waals surface area contributed by atoms with Crippen LogP contribution in [0.2, 0.25) is 0 Å². The van der Waals surface area contributed by atoms with Gasteiger partial charge < -0.3 is 4.90 Å². The second kappa shape index (κ2) is 6.31. The van der Waals surface area contributed by atoms with E-state index in [1.54, 1.807) is 18.9 Å². The van der Waals surface area contributed by atoms with Crippen molar-refractivity contribution in [3.63, 3.8) is 0 Å². The van der Waals surface area contributed by atoms with Gasteiger partial charge in [-0.2, -0.15) is 0 Å². The molecule has 1 aliphatic heterocycles. The van der Waals surface area contributed by atoms with Crippen molar-refractivity contribution in [3.8, 4) is 0 Å². The maximum Gasteiger partial charge on any atom is 0.223 e. The third-order valence-corrected chi connectivity index (χ3v) is 3.33. The number of piperidine rings is 1. The van der Waals surface area contributed by atoms with Crippen LogP contribution in [0.3, 0.4) is 0 Å². The van der Waals surface area contributed by atoms with E-state index in [9.17, 15) is 4.79 Å². The summed E-state index contributed by atoms with van der Waals surface area (Å²) in [5.41, 5.74) is 1.68. The van der Waals surface area contributed by atoms with Gasteiger partial charge in [-0.05, 0) is 43.5 Å². The quantitative estimate of drug-likeness (QED) is 0.784. The van der Waals surface area contributed by atoms with E-state index in [-0.39, 0.29) is 5.91 Å². The highest BCUT2D eigenvalue weighted by atomic mass is 16.2. The normalized spacial score (nSPS) is 15.8. The van der Waals surface area contributed by atoms with E-state index in [0.29, 0.717) is 0 Å². The molecule has 1 amide bonds. The molecule has 5 heteroatoms. The van der Waals surface area contributed by atoms with Gasteiger partial charge in [0.15, 0.2) is 0 Å². The van der Waals surface area contributed by atoms with Crippen LogP contribution in [0.1, 0.15) is 26.2 Å². The fourth-order valence-corrected chi connectivity index (χ4v) is 2.01. The fraction of sp³-hybridized carbons (Fsp3) is 0.500. The standard InChI is InChI=1S/C14H20N4O/c1-12(19)17(2)14-8-6-13(7-9-14)15-16-18-10-4-3-5-11-18/h6-9H,3-5,10-11H2,1-2H3. The van der Waals surface area contributed by atoms with Crippen LogP contribution in [0.5, 0.6) is 0 Å². The summed E-state index contributed by atoms with van der Waals surface area (Å²) in [5.74, 6) is 0.0164.